The number of aromatic nitrogens is 1. The molecule has 0 aliphatic carbocycles. The first-order valence-electron chi connectivity index (χ1n) is 6.14. The number of amides is 1. The van der Waals surface area contributed by atoms with Crippen molar-refractivity contribution >= 4 is 11.7 Å². The number of carbonyl (C=O) groups is 1. The van der Waals surface area contributed by atoms with Gasteiger partial charge in [0.2, 0.25) is 0 Å². The number of morpholine rings is 1. The number of nitrogen functional groups attached to an aromatic ring is 1. The standard InChI is InChI=1S/C12H16N4O2/c13-15-11-10(2-1-5-14-11)12(17)16-6-8-3-4-9(7-16)18-8/h1-2,5,8-9H,3-4,6-7,13H2,(H,14,15). The van der Waals surface area contributed by atoms with Gasteiger partial charge >= 0.3 is 0 Å². The number of pyridine rings is 1. The van der Waals surface area contributed by atoms with E-state index in [0.29, 0.717) is 24.5 Å². The zero-order chi connectivity index (χ0) is 12.5. The number of nitrogens with one attached hydrogen (secondary N) is 1. The van der Waals surface area contributed by atoms with Gasteiger partial charge in [-0.3, -0.25) is 4.79 Å². The Balaban J connectivity index is 1.82. The van der Waals surface area contributed by atoms with E-state index in [-0.39, 0.29) is 18.1 Å². The number of nitrogens with zero attached hydrogens (tertiary/aromatic N) is 2. The molecule has 2 fully saturated rings. The van der Waals surface area contributed by atoms with Crippen molar-refractivity contribution < 1.29 is 9.53 Å². The minimum absolute atomic E-state index is 0.0312. The van der Waals surface area contributed by atoms with Crippen LogP contribution in [0.4, 0.5) is 5.82 Å². The van der Waals surface area contributed by atoms with Crippen LogP contribution in [-0.2, 0) is 4.74 Å². The van der Waals surface area contributed by atoms with Crippen LogP contribution in [0.25, 0.3) is 0 Å². The maximum atomic E-state index is 12.4. The van der Waals surface area contributed by atoms with Gasteiger partial charge in [0.15, 0.2) is 5.82 Å². The van der Waals surface area contributed by atoms with Crippen LogP contribution in [0.2, 0.25) is 0 Å². The molecule has 0 spiro atoms. The SMILES string of the molecule is NNc1ncccc1C(=O)N1CC2CCC(C1)O2. The van der Waals surface area contributed by atoms with Gasteiger partial charge in [-0.25, -0.2) is 10.8 Å². The molecule has 18 heavy (non-hydrogen) atoms. The molecule has 3 N–H and O–H groups in total. The highest BCUT2D eigenvalue weighted by molar-refractivity contribution is 5.98. The second-order valence-corrected chi connectivity index (χ2v) is 4.71. The molecule has 2 aliphatic heterocycles. The van der Waals surface area contributed by atoms with E-state index in [1.807, 2.05) is 4.90 Å². The molecule has 2 atom stereocenters. The largest absolute Gasteiger partial charge is 0.371 e. The fraction of sp³-hybridized carbons (Fsp3) is 0.500. The van der Waals surface area contributed by atoms with Gasteiger partial charge in [0.1, 0.15) is 0 Å². The molecular formula is C12H16N4O2. The van der Waals surface area contributed by atoms with Crippen LogP contribution in [0.1, 0.15) is 23.2 Å². The Morgan fingerprint density at radius 1 is 1.44 bits per heavy atom. The summed E-state index contributed by atoms with van der Waals surface area (Å²) in [6.45, 7) is 1.32. The van der Waals surface area contributed by atoms with Crippen molar-refractivity contribution in [3.63, 3.8) is 0 Å². The minimum Gasteiger partial charge on any atom is -0.371 e. The lowest BCUT2D eigenvalue weighted by Crippen LogP contribution is -2.46. The van der Waals surface area contributed by atoms with E-state index >= 15 is 0 Å². The van der Waals surface area contributed by atoms with Crippen LogP contribution >= 0.6 is 0 Å². The Morgan fingerprint density at radius 3 is 2.83 bits per heavy atom. The predicted molar refractivity (Wildman–Crippen MR) is 65.8 cm³/mol. The van der Waals surface area contributed by atoms with E-state index < -0.39 is 0 Å². The van der Waals surface area contributed by atoms with E-state index in [1.54, 1.807) is 18.3 Å². The van der Waals surface area contributed by atoms with Crippen LogP contribution < -0.4 is 11.3 Å². The van der Waals surface area contributed by atoms with Gasteiger partial charge in [-0.15, -0.1) is 0 Å². The number of rotatable bonds is 2. The fourth-order valence-corrected chi connectivity index (χ4v) is 2.64. The number of fused-ring (bicyclic) bond motifs is 2. The number of hydrogen-bond acceptors (Lipinski definition) is 5. The van der Waals surface area contributed by atoms with Crippen molar-refractivity contribution in [2.45, 2.75) is 25.0 Å². The van der Waals surface area contributed by atoms with Crippen LogP contribution in [0.15, 0.2) is 18.3 Å². The molecule has 3 rings (SSSR count). The number of nitrogens with two attached hydrogens (primary N) is 1. The third kappa shape index (κ3) is 1.93. The second kappa shape index (κ2) is 4.55. The van der Waals surface area contributed by atoms with Gasteiger partial charge in [0, 0.05) is 19.3 Å². The highest BCUT2D eigenvalue weighted by Crippen LogP contribution is 2.27. The molecule has 1 aromatic rings. The van der Waals surface area contributed by atoms with Gasteiger partial charge in [-0.2, -0.15) is 0 Å². The van der Waals surface area contributed by atoms with E-state index in [2.05, 4.69) is 10.4 Å². The number of carbonyl (C=O) groups excluding carboxylic acids is 1. The van der Waals surface area contributed by atoms with Crippen LogP contribution in [0, 0.1) is 0 Å². The lowest BCUT2D eigenvalue weighted by molar-refractivity contribution is -0.0303. The van der Waals surface area contributed by atoms with E-state index in [0.717, 1.165) is 12.8 Å². The number of ether oxygens (including phenoxy) is 1. The third-order valence-corrected chi connectivity index (χ3v) is 3.51. The number of hydrazine groups is 1. The molecule has 2 bridgehead atoms. The molecule has 6 nitrogen and oxygen atoms in total. The average Bonchev–Trinajstić information content (AvgIpc) is 2.76. The Labute approximate surface area is 105 Å². The zero-order valence-corrected chi connectivity index (χ0v) is 10.0. The van der Waals surface area contributed by atoms with Crippen molar-refractivity contribution in [3.8, 4) is 0 Å². The van der Waals surface area contributed by atoms with Gasteiger partial charge < -0.3 is 15.1 Å². The highest BCUT2D eigenvalue weighted by atomic mass is 16.5. The summed E-state index contributed by atoms with van der Waals surface area (Å²) in [7, 11) is 0. The van der Waals surface area contributed by atoms with Crippen molar-refractivity contribution in [3.05, 3.63) is 23.9 Å². The molecule has 2 unspecified atom stereocenters. The molecule has 6 heteroatoms. The van der Waals surface area contributed by atoms with Crippen molar-refractivity contribution in [2.75, 3.05) is 18.5 Å². The lowest BCUT2D eigenvalue weighted by Gasteiger charge is -2.32. The predicted octanol–water partition coefficient (Wildman–Crippen LogP) is 0.371. The van der Waals surface area contributed by atoms with Gasteiger partial charge in [0.25, 0.3) is 5.91 Å². The summed E-state index contributed by atoms with van der Waals surface area (Å²) in [6, 6.07) is 3.48. The smallest absolute Gasteiger partial charge is 0.257 e. The maximum absolute atomic E-state index is 12.4. The second-order valence-electron chi connectivity index (χ2n) is 4.71. The van der Waals surface area contributed by atoms with Gasteiger partial charge in [-0.1, -0.05) is 0 Å². The summed E-state index contributed by atoms with van der Waals surface area (Å²) < 4.78 is 5.72. The molecule has 2 saturated heterocycles. The summed E-state index contributed by atoms with van der Waals surface area (Å²) in [6.07, 6.45) is 4.08. The first-order chi connectivity index (χ1) is 8.78. The lowest BCUT2D eigenvalue weighted by atomic mass is 10.2. The van der Waals surface area contributed by atoms with E-state index in [4.69, 9.17) is 10.6 Å². The molecule has 1 amide bonds. The van der Waals surface area contributed by atoms with E-state index in [1.165, 1.54) is 0 Å². The van der Waals surface area contributed by atoms with Crippen molar-refractivity contribution in [2.24, 2.45) is 5.84 Å². The van der Waals surface area contributed by atoms with Gasteiger partial charge in [-0.05, 0) is 25.0 Å². The Bertz CT molecular complexity index is 453. The fourth-order valence-electron chi connectivity index (χ4n) is 2.64. The first-order valence-corrected chi connectivity index (χ1v) is 6.14. The molecular weight excluding hydrogens is 232 g/mol. The normalized spacial score (nSPS) is 26.2. The highest BCUT2D eigenvalue weighted by Gasteiger charge is 2.36. The summed E-state index contributed by atoms with van der Waals surface area (Å²) in [5, 5.41) is 0. The zero-order valence-electron chi connectivity index (χ0n) is 10.0. The van der Waals surface area contributed by atoms with Gasteiger partial charge in [0.05, 0.1) is 17.8 Å². The maximum Gasteiger partial charge on any atom is 0.257 e. The third-order valence-electron chi connectivity index (χ3n) is 3.51. The topological polar surface area (TPSA) is 80.5 Å². The summed E-state index contributed by atoms with van der Waals surface area (Å²) >= 11 is 0. The summed E-state index contributed by atoms with van der Waals surface area (Å²) in [5.41, 5.74) is 2.98. The summed E-state index contributed by atoms with van der Waals surface area (Å²) in [5.74, 6) is 5.76. The molecule has 0 saturated carbocycles. The Morgan fingerprint density at radius 2 is 2.17 bits per heavy atom. The number of anilines is 1. The molecule has 2 aliphatic rings. The molecule has 0 aromatic carbocycles. The quantitative estimate of drug-likeness (QED) is 0.584. The minimum atomic E-state index is -0.0312. The van der Waals surface area contributed by atoms with Crippen molar-refractivity contribution in [1.29, 1.82) is 0 Å². The Hall–Kier alpha value is -1.66. The van der Waals surface area contributed by atoms with Crippen LogP contribution in [0.5, 0.6) is 0 Å². The number of hydrogen-bond donors (Lipinski definition) is 2. The molecule has 0 radical (unpaired) electrons. The van der Waals surface area contributed by atoms with Crippen molar-refractivity contribution in [1.82, 2.24) is 9.88 Å². The Kier molecular flexibility index (Phi) is 2.89. The van der Waals surface area contributed by atoms with Crippen LogP contribution in [-0.4, -0.2) is 41.1 Å². The molecule has 1 aromatic heterocycles. The first kappa shape index (κ1) is 11.4. The van der Waals surface area contributed by atoms with Crippen LogP contribution in [0.3, 0.4) is 0 Å². The summed E-state index contributed by atoms with van der Waals surface area (Å²) in [4.78, 5) is 18.3. The molecule has 96 valence electrons. The molecule has 3 heterocycles. The monoisotopic (exact) mass is 248 g/mol. The average molecular weight is 248 g/mol. The number of likely N-dealkylation sites (tertiary alicyclic amines) is 1. The van der Waals surface area contributed by atoms with E-state index in [9.17, 15) is 4.79 Å².